The predicted octanol–water partition coefficient (Wildman–Crippen LogP) is 3.11. The van der Waals surface area contributed by atoms with Crippen molar-refractivity contribution in [2.75, 3.05) is 12.3 Å². The fraction of sp³-hybridized carbons (Fsp3) is 0.238. The van der Waals surface area contributed by atoms with E-state index in [9.17, 15) is 19.2 Å². The van der Waals surface area contributed by atoms with Crippen LogP contribution in [0.2, 0.25) is 0 Å². The van der Waals surface area contributed by atoms with Crippen molar-refractivity contribution in [2.24, 2.45) is 0 Å². The van der Waals surface area contributed by atoms with Gasteiger partial charge in [-0.15, -0.1) is 11.8 Å². The lowest BCUT2D eigenvalue weighted by atomic mass is 10.1. The Morgan fingerprint density at radius 1 is 1.00 bits per heavy atom. The van der Waals surface area contributed by atoms with Crippen LogP contribution in [-0.2, 0) is 14.3 Å². The number of thioether (sulfide) groups is 1. The zero-order chi connectivity index (χ0) is 21.2. The van der Waals surface area contributed by atoms with Gasteiger partial charge in [-0.25, -0.2) is 9.59 Å². The average Bonchev–Trinajstić information content (AvgIpc) is 2.71. The minimum atomic E-state index is -1.31. The third-order valence-electron chi connectivity index (χ3n) is 3.68. The Kier molecular flexibility index (Phi) is 8.42. The minimum Gasteiger partial charge on any atom is -0.444 e. The summed E-state index contributed by atoms with van der Waals surface area (Å²) in [5.74, 6) is -1.30. The lowest BCUT2D eigenvalue weighted by Crippen LogP contribution is -2.42. The number of benzene rings is 2. The standard InChI is InChI=1S/C21H22N2O5S/c1-3-22-21(27)23-19(25)18(15-9-5-4-6-10-15)28-20(26)16-11-7-8-12-17(16)29-13-14(2)24/h4-12,18H,3,13H2,1-2H3,(H2,22,23,25,27)/t18-/m0/s1. The number of rotatable bonds is 8. The summed E-state index contributed by atoms with van der Waals surface area (Å²) in [5, 5.41) is 4.63. The van der Waals surface area contributed by atoms with Crippen molar-refractivity contribution in [3.8, 4) is 0 Å². The zero-order valence-corrected chi connectivity index (χ0v) is 17.0. The maximum Gasteiger partial charge on any atom is 0.340 e. The van der Waals surface area contributed by atoms with Crippen molar-refractivity contribution < 1.29 is 23.9 Å². The smallest absolute Gasteiger partial charge is 0.340 e. The molecule has 0 aliphatic rings. The molecule has 2 aromatic carbocycles. The van der Waals surface area contributed by atoms with Crippen LogP contribution in [0.5, 0.6) is 0 Å². The topological polar surface area (TPSA) is 102 Å². The van der Waals surface area contributed by atoms with Crippen LogP contribution in [0.4, 0.5) is 4.79 Å². The van der Waals surface area contributed by atoms with Crippen molar-refractivity contribution >= 4 is 35.5 Å². The number of ketones is 1. The van der Waals surface area contributed by atoms with Gasteiger partial charge in [-0.1, -0.05) is 42.5 Å². The Hall–Kier alpha value is -3.13. The number of imide groups is 1. The maximum absolute atomic E-state index is 12.8. The van der Waals surface area contributed by atoms with Gasteiger partial charge in [0.2, 0.25) is 6.10 Å². The van der Waals surface area contributed by atoms with Crippen LogP contribution in [0.25, 0.3) is 0 Å². The monoisotopic (exact) mass is 414 g/mol. The number of amides is 3. The highest BCUT2D eigenvalue weighted by Gasteiger charge is 2.28. The molecule has 0 spiro atoms. The van der Waals surface area contributed by atoms with Gasteiger partial charge in [-0.3, -0.25) is 14.9 Å². The van der Waals surface area contributed by atoms with Crippen LogP contribution in [0.15, 0.2) is 59.5 Å². The summed E-state index contributed by atoms with van der Waals surface area (Å²) in [6, 6.07) is 14.4. The van der Waals surface area contributed by atoms with E-state index >= 15 is 0 Å². The number of hydrogen-bond donors (Lipinski definition) is 2. The van der Waals surface area contributed by atoms with Crippen LogP contribution >= 0.6 is 11.8 Å². The summed E-state index contributed by atoms with van der Waals surface area (Å²) < 4.78 is 5.48. The fourth-order valence-electron chi connectivity index (χ4n) is 2.39. The molecule has 1 atom stereocenters. The summed E-state index contributed by atoms with van der Waals surface area (Å²) >= 11 is 1.22. The lowest BCUT2D eigenvalue weighted by Gasteiger charge is -2.18. The van der Waals surface area contributed by atoms with Crippen molar-refractivity contribution in [1.29, 1.82) is 0 Å². The highest BCUT2D eigenvalue weighted by atomic mass is 32.2. The van der Waals surface area contributed by atoms with Gasteiger partial charge >= 0.3 is 12.0 Å². The van der Waals surface area contributed by atoms with E-state index in [4.69, 9.17) is 4.74 Å². The lowest BCUT2D eigenvalue weighted by molar-refractivity contribution is -0.129. The number of hydrogen-bond acceptors (Lipinski definition) is 6. The van der Waals surface area contributed by atoms with Gasteiger partial charge in [-0.2, -0.15) is 0 Å². The summed E-state index contributed by atoms with van der Waals surface area (Å²) in [6.07, 6.45) is -1.31. The number of esters is 1. The minimum absolute atomic E-state index is 0.0263. The summed E-state index contributed by atoms with van der Waals surface area (Å²) in [5.41, 5.74) is 0.669. The van der Waals surface area contributed by atoms with E-state index < -0.39 is 24.0 Å². The molecule has 7 nitrogen and oxygen atoms in total. The van der Waals surface area contributed by atoms with Gasteiger partial charge in [0.25, 0.3) is 5.91 Å². The molecule has 0 heterocycles. The molecule has 0 unspecified atom stereocenters. The molecule has 2 N–H and O–H groups in total. The van der Waals surface area contributed by atoms with Gasteiger partial charge in [-0.05, 0) is 26.0 Å². The number of carbonyl (C=O) groups excluding carboxylic acids is 4. The van der Waals surface area contributed by atoms with Crippen LogP contribution in [-0.4, -0.2) is 36.0 Å². The normalized spacial score (nSPS) is 11.2. The van der Waals surface area contributed by atoms with Crippen molar-refractivity contribution in [1.82, 2.24) is 10.6 Å². The second kappa shape index (κ2) is 11.0. The van der Waals surface area contributed by atoms with E-state index in [1.807, 2.05) is 0 Å². The SMILES string of the molecule is CCNC(=O)NC(=O)[C@@H](OC(=O)c1ccccc1SCC(C)=O)c1ccccc1. The van der Waals surface area contributed by atoms with Gasteiger partial charge < -0.3 is 10.1 Å². The molecule has 0 fully saturated rings. The first-order valence-corrected chi connectivity index (χ1v) is 9.96. The number of ether oxygens (including phenoxy) is 1. The van der Waals surface area contributed by atoms with E-state index in [1.54, 1.807) is 61.5 Å². The molecule has 8 heteroatoms. The molecule has 29 heavy (non-hydrogen) atoms. The zero-order valence-electron chi connectivity index (χ0n) is 16.1. The molecule has 0 bridgehead atoms. The van der Waals surface area contributed by atoms with Crippen LogP contribution in [0.1, 0.15) is 35.9 Å². The molecule has 152 valence electrons. The highest BCUT2D eigenvalue weighted by molar-refractivity contribution is 8.00. The average molecular weight is 414 g/mol. The van der Waals surface area contributed by atoms with E-state index in [-0.39, 0.29) is 17.1 Å². The Bertz CT molecular complexity index is 886. The molecular weight excluding hydrogens is 392 g/mol. The predicted molar refractivity (Wildman–Crippen MR) is 110 cm³/mol. The molecule has 0 aromatic heterocycles. The van der Waals surface area contributed by atoms with E-state index in [1.165, 1.54) is 18.7 Å². The molecule has 2 rings (SSSR count). The maximum atomic E-state index is 12.8. The van der Waals surface area contributed by atoms with Gasteiger partial charge in [0, 0.05) is 17.0 Å². The Morgan fingerprint density at radius 2 is 1.66 bits per heavy atom. The molecule has 0 saturated heterocycles. The van der Waals surface area contributed by atoms with Crippen LogP contribution < -0.4 is 10.6 Å². The molecule has 0 aliphatic heterocycles. The van der Waals surface area contributed by atoms with Crippen molar-refractivity contribution in [3.63, 3.8) is 0 Å². The van der Waals surface area contributed by atoms with Crippen LogP contribution in [0, 0.1) is 0 Å². The van der Waals surface area contributed by atoms with Gasteiger partial charge in [0.1, 0.15) is 5.78 Å². The summed E-state index contributed by atoms with van der Waals surface area (Å²) in [6.45, 7) is 3.52. The van der Waals surface area contributed by atoms with Crippen molar-refractivity contribution in [2.45, 2.75) is 24.8 Å². The molecule has 0 saturated carbocycles. The first kappa shape index (κ1) is 22.2. The quantitative estimate of drug-likeness (QED) is 0.508. The molecule has 0 radical (unpaired) electrons. The summed E-state index contributed by atoms with van der Waals surface area (Å²) in [7, 11) is 0. The molecular formula is C21H22N2O5S. The van der Waals surface area contributed by atoms with E-state index in [0.717, 1.165) is 0 Å². The second-order valence-corrected chi connectivity index (χ2v) is 7.05. The number of urea groups is 1. The Balaban J connectivity index is 2.25. The number of nitrogens with one attached hydrogen (secondary N) is 2. The van der Waals surface area contributed by atoms with Gasteiger partial charge in [0.15, 0.2) is 0 Å². The number of Topliss-reactive ketones (excluding diaryl/α,β-unsaturated/α-hetero) is 1. The van der Waals surface area contributed by atoms with Gasteiger partial charge in [0.05, 0.1) is 11.3 Å². The van der Waals surface area contributed by atoms with Crippen LogP contribution in [0.3, 0.4) is 0 Å². The second-order valence-electron chi connectivity index (χ2n) is 6.03. The summed E-state index contributed by atoms with van der Waals surface area (Å²) in [4.78, 5) is 49.0. The van der Waals surface area contributed by atoms with E-state index in [0.29, 0.717) is 17.0 Å². The highest BCUT2D eigenvalue weighted by Crippen LogP contribution is 2.26. The largest absolute Gasteiger partial charge is 0.444 e. The number of carbonyl (C=O) groups is 4. The van der Waals surface area contributed by atoms with Crippen molar-refractivity contribution in [3.05, 3.63) is 65.7 Å². The van der Waals surface area contributed by atoms with E-state index in [2.05, 4.69) is 10.6 Å². The Morgan fingerprint density at radius 3 is 2.31 bits per heavy atom. The molecule has 0 aliphatic carbocycles. The molecule has 2 aromatic rings. The first-order chi connectivity index (χ1) is 13.9. The molecule has 3 amide bonds. The first-order valence-electron chi connectivity index (χ1n) is 8.98. The Labute approximate surface area is 173 Å². The third kappa shape index (κ3) is 6.76. The third-order valence-corrected chi connectivity index (χ3v) is 4.90. The fourth-order valence-corrected chi connectivity index (χ4v) is 3.23.